The molecule has 0 saturated carbocycles. The van der Waals surface area contributed by atoms with E-state index in [1.165, 1.54) is 18.2 Å². The monoisotopic (exact) mass is 378 g/mol. The second-order valence-corrected chi connectivity index (χ2v) is 7.28. The van der Waals surface area contributed by atoms with Crippen molar-refractivity contribution in [3.63, 3.8) is 0 Å². The molecule has 138 valence electrons. The van der Waals surface area contributed by atoms with E-state index in [0.717, 1.165) is 5.56 Å². The molecule has 0 fully saturated rings. The van der Waals surface area contributed by atoms with Gasteiger partial charge in [-0.05, 0) is 36.2 Å². The first-order chi connectivity index (χ1) is 12.4. The number of methoxy groups -OCH3 is 2. The summed E-state index contributed by atoms with van der Waals surface area (Å²) in [5.41, 5.74) is 1.54. The Morgan fingerprint density at radius 3 is 2.58 bits per heavy atom. The number of H-pyrrole nitrogens is 1. The van der Waals surface area contributed by atoms with E-state index in [1.807, 2.05) is 6.07 Å². The molecule has 0 radical (unpaired) electrons. The molecule has 0 aliphatic carbocycles. The molecule has 2 N–H and O–H groups in total. The average molecular weight is 378 g/mol. The Morgan fingerprint density at radius 1 is 1.08 bits per heavy atom. The van der Waals surface area contributed by atoms with E-state index in [2.05, 4.69) is 9.71 Å². The highest BCUT2D eigenvalue weighted by atomic mass is 32.2. The molecule has 3 aromatic rings. The van der Waals surface area contributed by atoms with Gasteiger partial charge in [-0.1, -0.05) is 6.07 Å². The standard InChI is InChI=1S/C17H18N2O6S/c1-23-14-6-3-11(9-16(14)24-2)7-8-18-26(21,22)12-4-5-13-15(10-12)25-17(20)19-13/h3-6,9-10,18H,7-8H2,1-2H3,(H,19,20). The Hall–Kier alpha value is -2.78. The zero-order chi connectivity index (χ0) is 18.7. The van der Waals surface area contributed by atoms with Gasteiger partial charge in [0.05, 0.1) is 24.6 Å². The first kappa shape index (κ1) is 18.0. The van der Waals surface area contributed by atoms with Gasteiger partial charge in [0, 0.05) is 12.6 Å². The van der Waals surface area contributed by atoms with Crippen molar-refractivity contribution in [2.24, 2.45) is 0 Å². The number of aromatic amines is 1. The normalized spacial score (nSPS) is 11.6. The Morgan fingerprint density at radius 2 is 1.85 bits per heavy atom. The molecule has 3 rings (SSSR count). The molecular weight excluding hydrogens is 360 g/mol. The van der Waals surface area contributed by atoms with Gasteiger partial charge in [-0.15, -0.1) is 0 Å². The minimum Gasteiger partial charge on any atom is -0.493 e. The first-order valence-electron chi connectivity index (χ1n) is 7.76. The van der Waals surface area contributed by atoms with Crippen LogP contribution in [0.4, 0.5) is 0 Å². The average Bonchev–Trinajstić information content (AvgIpc) is 3.00. The smallest absolute Gasteiger partial charge is 0.417 e. The van der Waals surface area contributed by atoms with E-state index < -0.39 is 15.8 Å². The van der Waals surface area contributed by atoms with Gasteiger partial charge >= 0.3 is 5.76 Å². The topological polar surface area (TPSA) is 111 Å². The van der Waals surface area contributed by atoms with Crippen LogP contribution in [0.1, 0.15) is 5.56 Å². The summed E-state index contributed by atoms with van der Waals surface area (Å²) in [7, 11) is -0.631. The van der Waals surface area contributed by atoms with Crippen molar-refractivity contribution in [1.82, 2.24) is 9.71 Å². The van der Waals surface area contributed by atoms with E-state index in [0.29, 0.717) is 23.4 Å². The van der Waals surface area contributed by atoms with Crippen LogP contribution < -0.4 is 20.0 Å². The predicted octanol–water partition coefficient (Wildman–Crippen LogP) is 1.66. The molecule has 1 heterocycles. The zero-order valence-electron chi connectivity index (χ0n) is 14.2. The molecule has 8 nitrogen and oxygen atoms in total. The van der Waals surface area contributed by atoms with Gasteiger partial charge in [0.15, 0.2) is 17.1 Å². The van der Waals surface area contributed by atoms with Crippen LogP contribution in [0.5, 0.6) is 11.5 Å². The summed E-state index contributed by atoms with van der Waals surface area (Å²) in [6.45, 7) is 0.201. The molecule has 2 aromatic carbocycles. The molecule has 0 aliphatic heterocycles. The minimum absolute atomic E-state index is 0.0278. The van der Waals surface area contributed by atoms with Crippen molar-refractivity contribution in [3.05, 3.63) is 52.5 Å². The van der Waals surface area contributed by atoms with E-state index >= 15 is 0 Å². The third-order valence-electron chi connectivity index (χ3n) is 3.86. The van der Waals surface area contributed by atoms with Gasteiger partial charge in [0.25, 0.3) is 0 Å². The van der Waals surface area contributed by atoms with Gasteiger partial charge in [-0.2, -0.15) is 0 Å². The fraction of sp³-hybridized carbons (Fsp3) is 0.235. The molecule has 0 saturated heterocycles. The third-order valence-corrected chi connectivity index (χ3v) is 5.32. The molecule has 0 amide bonds. The van der Waals surface area contributed by atoms with Crippen molar-refractivity contribution in [1.29, 1.82) is 0 Å². The maximum absolute atomic E-state index is 12.4. The summed E-state index contributed by atoms with van der Waals surface area (Å²) in [5, 5.41) is 0. The molecule has 0 unspecified atom stereocenters. The number of benzene rings is 2. The fourth-order valence-electron chi connectivity index (χ4n) is 2.54. The molecule has 26 heavy (non-hydrogen) atoms. The van der Waals surface area contributed by atoms with Crippen molar-refractivity contribution in [2.45, 2.75) is 11.3 Å². The molecule has 0 bridgehead atoms. The highest BCUT2D eigenvalue weighted by Crippen LogP contribution is 2.27. The summed E-state index contributed by atoms with van der Waals surface area (Å²) >= 11 is 0. The summed E-state index contributed by atoms with van der Waals surface area (Å²) < 4.78 is 42.7. The zero-order valence-corrected chi connectivity index (χ0v) is 15.1. The number of hydrogen-bond donors (Lipinski definition) is 2. The van der Waals surface area contributed by atoms with Crippen LogP contribution in [0.3, 0.4) is 0 Å². The number of hydrogen-bond acceptors (Lipinski definition) is 6. The third kappa shape index (κ3) is 3.73. The summed E-state index contributed by atoms with van der Waals surface area (Å²) in [4.78, 5) is 13.7. The Labute approximate surface area is 149 Å². The van der Waals surface area contributed by atoms with E-state index in [4.69, 9.17) is 13.9 Å². The maximum Gasteiger partial charge on any atom is 0.417 e. The highest BCUT2D eigenvalue weighted by Gasteiger charge is 2.15. The Kier molecular flexibility index (Phi) is 5.01. The lowest BCUT2D eigenvalue weighted by Crippen LogP contribution is -2.26. The molecule has 1 aromatic heterocycles. The summed E-state index contributed by atoms with van der Waals surface area (Å²) in [6.07, 6.45) is 0.473. The van der Waals surface area contributed by atoms with Crippen LogP contribution in [0.15, 0.2) is 50.5 Å². The van der Waals surface area contributed by atoms with Gasteiger partial charge < -0.3 is 13.9 Å². The summed E-state index contributed by atoms with van der Waals surface area (Å²) in [6, 6.07) is 9.62. The predicted molar refractivity (Wildman–Crippen MR) is 95.3 cm³/mol. The Bertz CT molecular complexity index is 1080. The number of rotatable bonds is 7. The van der Waals surface area contributed by atoms with Gasteiger partial charge in [0.1, 0.15) is 0 Å². The number of sulfonamides is 1. The second-order valence-electron chi connectivity index (χ2n) is 5.51. The quantitative estimate of drug-likeness (QED) is 0.647. The van der Waals surface area contributed by atoms with Crippen molar-refractivity contribution >= 4 is 21.1 Å². The molecule has 9 heteroatoms. The van der Waals surface area contributed by atoms with E-state index in [-0.39, 0.29) is 17.0 Å². The number of nitrogens with one attached hydrogen (secondary N) is 2. The van der Waals surface area contributed by atoms with Gasteiger partial charge in [-0.25, -0.2) is 17.9 Å². The van der Waals surface area contributed by atoms with Crippen LogP contribution in [0.2, 0.25) is 0 Å². The minimum atomic E-state index is -3.72. The molecule has 0 atom stereocenters. The lowest BCUT2D eigenvalue weighted by molar-refractivity contribution is 0.354. The SMILES string of the molecule is COc1ccc(CCNS(=O)(=O)c2ccc3[nH]c(=O)oc3c2)cc1OC. The van der Waals surface area contributed by atoms with E-state index in [1.54, 1.807) is 26.4 Å². The number of ether oxygens (including phenoxy) is 2. The lowest BCUT2D eigenvalue weighted by atomic mass is 10.1. The van der Waals surface area contributed by atoms with Crippen LogP contribution in [-0.4, -0.2) is 34.2 Å². The summed E-state index contributed by atoms with van der Waals surface area (Å²) in [5.74, 6) is 0.565. The number of aromatic nitrogens is 1. The first-order valence-corrected chi connectivity index (χ1v) is 9.25. The van der Waals surface area contributed by atoms with Crippen molar-refractivity contribution < 1.29 is 22.3 Å². The lowest BCUT2D eigenvalue weighted by Gasteiger charge is -2.10. The largest absolute Gasteiger partial charge is 0.493 e. The molecule has 0 spiro atoms. The van der Waals surface area contributed by atoms with Crippen LogP contribution in [0.25, 0.3) is 11.1 Å². The second kappa shape index (κ2) is 7.22. The highest BCUT2D eigenvalue weighted by molar-refractivity contribution is 7.89. The molecule has 0 aliphatic rings. The Balaban J connectivity index is 1.70. The number of oxazole rings is 1. The van der Waals surface area contributed by atoms with Crippen LogP contribution >= 0.6 is 0 Å². The van der Waals surface area contributed by atoms with Crippen LogP contribution in [0, 0.1) is 0 Å². The maximum atomic E-state index is 12.4. The van der Waals surface area contributed by atoms with Crippen molar-refractivity contribution in [3.8, 4) is 11.5 Å². The van der Waals surface area contributed by atoms with Crippen LogP contribution in [-0.2, 0) is 16.4 Å². The van der Waals surface area contributed by atoms with Crippen molar-refractivity contribution in [2.75, 3.05) is 20.8 Å². The van der Waals surface area contributed by atoms with Gasteiger partial charge in [-0.3, -0.25) is 4.98 Å². The molecular formula is C17H18N2O6S. The fourth-order valence-corrected chi connectivity index (χ4v) is 3.59. The number of fused-ring (bicyclic) bond motifs is 1. The van der Waals surface area contributed by atoms with Gasteiger partial charge in [0.2, 0.25) is 10.0 Å². The van der Waals surface area contributed by atoms with E-state index in [9.17, 15) is 13.2 Å².